The first-order chi connectivity index (χ1) is 8.73. The van der Waals surface area contributed by atoms with Crippen molar-refractivity contribution < 1.29 is 13.2 Å². The van der Waals surface area contributed by atoms with E-state index in [0.29, 0.717) is 0 Å². The summed E-state index contributed by atoms with van der Waals surface area (Å²) >= 11 is 5.66. The second kappa shape index (κ2) is 6.31. The minimum atomic E-state index is -3.74. The average Bonchev–Trinajstić information content (AvgIpc) is 2.27. The average molecular weight is 306 g/mol. The molecular weight excluding hydrogens is 290 g/mol. The SMILES string of the molecule is CC(C)NC(=O)CN(C)S(=O)(=O)c1ccnc(Cl)c1. The Morgan fingerprint density at radius 2 is 2.16 bits per heavy atom. The molecule has 1 aromatic rings. The number of nitrogens with one attached hydrogen (secondary N) is 1. The minimum absolute atomic E-state index is 0.00680. The largest absolute Gasteiger partial charge is 0.353 e. The molecule has 0 spiro atoms. The molecule has 0 bridgehead atoms. The number of rotatable bonds is 5. The number of aromatic nitrogens is 1. The maximum Gasteiger partial charge on any atom is 0.243 e. The molecule has 1 N–H and O–H groups in total. The normalized spacial score (nSPS) is 11.9. The summed E-state index contributed by atoms with van der Waals surface area (Å²) in [6.45, 7) is 3.35. The van der Waals surface area contributed by atoms with Crippen LogP contribution in [0.5, 0.6) is 0 Å². The molecule has 106 valence electrons. The lowest BCUT2D eigenvalue weighted by Crippen LogP contribution is -2.40. The number of hydrogen-bond acceptors (Lipinski definition) is 4. The van der Waals surface area contributed by atoms with Gasteiger partial charge in [-0.25, -0.2) is 13.4 Å². The van der Waals surface area contributed by atoms with Gasteiger partial charge in [-0.15, -0.1) is 0 Å². The van der Waals surface area contributed by atoms with Gasteiger partial charge in [-0.3, -0.25) is 4.79 Å². The van der Waals surface area contributed by atoms with Crippen LogP contribution in [0.2, 0.25) is 5.15 Å². The molecule has 1 rings (SSSR count). The van der Waals surface area contributed by atoms with Gasteiger partial charge in [-0.05, 0) is 26.0 Å². The van der Waals surface area contributed by atoms with Gasteiger partial charge in [0.05, 0.1) is 11.4 Å². The van der Waals surface area contributed by atoms with Gasteiger partial charge >= 0.3 is 0 Å². The van der Waals surface area contributed by atoms with E-state index in [1.54, 1.807) is 13.8 Å². The molecule has 0 aliphatic rings. The van der Waals surface area contributed by atoms with Crippen LogP contribution in [0, 0.1) is 0 Å². The van der Waals surface area contributed by atoms with Gasteiger partial charge in [-0.1, -0.05) is 11.6 Å². The third-order valence-corrected chi connectivity index (χ3v) is 4.23. The second-order valence-corrected chi connectivity index (χ2v) is 6.73. The van der Waals surface area contributed by atoms with Crippen LogP contribution in [0.1, 0.15) is 13.8 Å². The fraction of sp³-hybridized carbons (Fsp3) is 0.455. The Morgan fingerprint density at radius 1 is 1.53 bits per heavy atom. The highest BCUT2D eigenvalue weighted by Crippen LogP contribution is 2.16. The molecule has 1 aromatic heterocycles. The fourth-order valence-corrected chi connectivity index (χ4v) is 2.76. The van der Waals surface area contributed by atoms with Gasteiger partial charge < -0.3 is 5.32 Å². The summed E-state index contributed by atoms with van der Waals surface area (Å²) in [5.41, 5.74) is 0. The summed E-state index contributed by atoms with van der Waals surface area (Å²) < 4.78 is 25.3. The van der Waals surface area contributed by atoms with Crippen molar-refractivity contribution in [1.82, 2.24) is 14.6 Å². The van der Waals surface area contributed by atoms with Crippen molar-refractivity contribution in [2.24, 2.45) is 0 Å². The summed E-state index contributed by atoms with van der Waals surface area (Å²) in [7, 11) is -2.41. The highest BCUT2D eigenvalue weighted by Gasteiger charge is 2.23. The zero-order valence-electron chi connectivity index (χ0n) is 10.9. The van der Waals surface area contributed by atoms with Crippen molar-refractivity contribution in [2.75, 3.05) is 13.6 Å². The lowest BCUT2D eigenvalue weighted by atomic mass is 10.4. The molecule has 0 saturated heterocycles. The predicted octanol–water partition coefficient (Wildman–Crippen LogP) is 0.880. The van der Waals surface area contributed by atoms with E-state index in [9.17, 15) is 13.2 Å². The molecule has 8 heteroatoms. The Hall–Kier alpha value is -1.18. The van der Waals surface area contributed by atoms with Crippen LogP contribution in [0.25, 0.3) is 0 Å². The number of carbonyl (C=O) groups excluding carboxylic acids is 1. The molecule has 0 atom stereocenters. The minimum Gasteiger partial charge on any atom is -0.353 e. The first-order valence-electron chi connectivity index (χ1n) is 5.60. The highest BCUT2D eigenvalue weighted by molar-refractivity contribution is 7.89. The van der Waals surface area contributed by atoms with Crippen LogP contribution in [0.15, 0.2) is 23.2 Å². The van der Waals surface area contributed by atoms with Crippen molar-refractivity contribution >= 4 is 27.5 Å². The van der Waals surface area contributed by atoms with Crippen molar-refractivity contribution in [1.29, 1.82) is 0 Å². The molecule has 0 aliphatic heterocycles. The maximum absolute atomic E-state index is 12.2. The van der Waals surface area contributed by atoms with Crippen molar-refractivity contribution in [3.05, 3.63) is 23.5 Å². The molecule has 1 heterocycles. The quantitative estimate of drug-likeness (QED) is 0.819. The van der Waals surface area contributed by atoms with Gasteiger partial charge in [0, 0.05) is 19.3 Å². The monoisotopic (exact) mass is 305 g/mol. The van der Waals surface area contributed by atoms with Crippen molar-refractivity contribution in [3.63, 3.8) is 0 Å². The Kier molecular flexibility index (Phi) is 5.28. The van der Waals surface area contributed by atoms with E-state index in [4.69, 9.17) is 11.6 Å². The van der Waals surface area contributed by atoms with E-state index in [2.05, 4.69) is 10.3 Å². The summed E-state index contributed by atoms with van der Waals surface area (Å²) in [5, 5.41) is 2.71. The third kappa shape index (κ3) is 4.45. The summed E-state index contributed by atoms with van der Waals surface area (Å²) in [6, 6.07) is 2.53. The molecule has 1 amide bonds. The van der Waals surface area contributed by atoms with E-state index in [0.717, 1.165) is 4.31 Å². The number of sulfonamides is 1. The maximum atomic E-state index is 12.2. The highest BCUT2D eigenvalue weighted by atomic mass is 35.5. The van der Waals surface area contributed by atoms with Gasteiger partial charge in [0.15, 0.2) is 0 Å². The lowest BCUT2D eigenvalue weighted by molar-refractivity contribution is -0.121. The summed E-state index contributed by atoms with van der Waals surface area (Å²) in [4.78, 5) is 15.3. The van der Waals surface area contributed by atoms with E-state index in [1.807, 2.05) is 0 Å². The first-order valence-corrected chi connectivity index (χ1v) is 7.42. The van der Waals surface area contributed by atoms with Gasteiger partial charge in [0.2, 0.25) is 15.9 Å². The first kappa shape index (κ1) is 15.9. The zero-order chi connectivity index (χ0) is 14.6. The zero-order valence-corrected chi connectivity index (χ0v) is 12.5. The van der Waals surface area contributed by atoms with Crippen LogP contribution in [0.4, 0.5) is 0 Å². The van der Waals surface area contributed by atoms with Crippen LogP contribution in [0.3, 0.4) is 0 Å². The predicted molar refractivity (Wildman–Crippen MR) is 72.3 cm³/mol. The topological polar surface area (TPSA) is 79.4 Å². The van der Waals surface area contributed by atoms with Gasteiger partial charge in [0.25, 0.3) is 0 Å². The van der Waals surface area contributed by atoms with Crippen LogP contribution < -0.4 is 5.32 Å². The van der Waals surface area contributed by atoms with Gasteiger partial charge in [0.1, 0.15) is 5.15 Å². The molecule has 19 heavy (non-hydrogen) atoms. The van der Waals surface area contributed by atoms with E-state index in [-0.39, 0.29) is 28.5 Å². The van der Waals surface area contributed by atoms with E-state index >= 15 is 0 Å². The van der Waals surface area contributed by atoms with Crippen molar-refractivity contribution in [2.45, 2.75) is 24.8 Å². The number of halogens is 1. The van der Waals surface area contributed by atoms with Gasteiger partial charge in [-0.2, -0.15) is 4.31 Å². The van der Waals surface area contributed by atoms with E-state index in [1.165, 1.54) is 25.4 Å². The molecule has 0 fully saturated rings. The van der Waals surface area contributed by atoms with Crippen molar-refractivity contribution in [3.8, 4) is 0 Å². The van der Waals surface area contributed by atoms with Crippen LogP contribution in [-0.2, 0) is 14.8 Å². The summed E-state index contributed by atoms with van der Waals surface area (Å²) in [5.74, 6) is -0.360. The molecule has 0 aromatic carbocycles. The Bertz CT molecular complexity index is 560. The number of amides is 1. The third-order valence-electron chi connectivity index (χ3n) is 2.22. The molecule has 0 unspecified atom stereocenters. The summed E-state index contributed by atoms with van der Waals surface area (Å²) in [6.07, 6.45) is 1.30. The molecule has 0 radical (unpaired) electrons. The standard InChI is InChI=1S/C11H16ClN3O3S/c1-8(2)14-11(16)7-15(3)19(17,18)9-4-5-13-10(12)6-9/h4-6,8H,7H2,1-3H3,(H,14,16). The second-order valence-electron chi connectivity index (χ2n) is 4.30. The molecular formula is C11H16ClN3O3S. The Balaban J connectivity index is 2.86. The fourth-order valence-electron chi connectivity index (χ4n) is 1.38. The molecule has 0 aliphatic carbocycles. The Morgan fingerprint density at radius 3 is 2.68 bits per heavy atom. The van der Waals surface area contributed by atoms with Crippen LogP contribution >= 0.6 is 11.6 Å². The smallest absolute Gasteiger partial charge is 0.243 e. The number of nitrogens with zero attached hydrogens (tertiary/aromatic N) is 2. The number of carbonyl (C=O) groups is 1. The Labute approximate surface area is 117 Å². The number of pyridine rings is 1. The molecule has 6 nitrogen and oxygen atoms in total. The van der Waals surface area contributed by atoms with E-state index < -0.39 is 10.0 Å². The van der Waals surface area contributed by atoms with Crippen LogP contribution in [-0.4, -0.2) is 43.2 Å². The number of hydrogen-bond donors (Lipinski definition) is 1. The molecule has 0 saturated carbocycles. The lowest BCUT2D eigenvalue weighted by Gasteiger charge is -2.17. The number of likely N-dealkylation sites (N-methyl/N-ethyl adjacent to an activating group) is 1.